The van der Waals surface area contributed by atoms with Gasteiger partial charge in [-0.2, -0.15) is 0 Å². The topological polar surface area (TPSA) is 75.4 Å². The van der Waals surface area contributed by atoms with Gasteiger partial charge in [-0.05, 0) is 43.0 Å². The minimum Gasteiger partial charge on any atom is -0.337 e. The molecule has 0 bridgehead atoms. The number of carbonyl (C=O) groups excluding carboxylic acids is 2. The molecule has 0 unspecified atom stereocenters. The van der Waals surface area contributed by atoms with Gasteiger partial charge in [0.2, 0.25) is 5.91 Å². The van der Waals surface area contributed by atoms with E-state index in [0.717, 1.165) is 30.6 Å². The Morgan fingerprint density at radius 3 is 2.90 bits per heavy atom. The summed E-state index contributed by atoms with van der Waals surface area (Å²) in [5.41, 5.74) is 8.48. The molecule has 2 aliphatic heterocycles. The van der Waals surface area contributed by atoms with Gasteiger partial charge in [0.1, 0.15) is 0 Å². The molecule has 1 fully saturated rings. The summed E-state index contributed by atoms with van der Waals surface area (Å²) in [6, 6.07) is 5.60. The molecule has 1 atom stereocenters. The Balaban J connectivity index is 0.00000161. The number of carbonyl (C=O) groups is 2. The van der Waals surface area contributed by atoms with Gasteiger partial charge in [0, 0.05) is 36.8 Å². The zero-order valence-corrected chi connectivity index (χ0v) is 12.6. The highest BCUT2D eigenvalue weighted by Gasteiger charge is 2.23. The fraction of sp³-hybridized carbons (Fsp3) is 0.467. The van der Waals surface area contributed by atoms with Crippen LogP contribution in [0, 0.1) is 0 Å². The summed E-state index contributed by atoms with van der Waals surface area (Å²) in [5.74, 6) is 0.0819. The average molecular weight is 310 g/mol. The van der Waals surface area contributed by atoms with Crippen molar-refractivity contribution in [2.45, 2.75) is 31.7 Å². The number of nitrogens with zero attached hydrogens (tertiary/aromatic N) is 1. The zero-order valence-electron chi connectivity index (χ0n) is 11.8. The van der Waals surface area contributed by atoms with E-state index in [9.17, 15) is 9.59 Å². The number of hydrogen-bond donors (Lipinski definition) is 2. The number of halogens is 1. The predicted molar refractivity (Wildman–Crippen MR) is 83.8 cm³/mol. The molecule has 2 aliphatic rings. The number of likely N-dealkylation sites (tertiary alicyclic amines) is 1. The number of amides is 2. The first kappa shape index (κ1) is 15.8. The van der Waals surface area contributed by atoms with Crippen molar-refractivity contribution in [3.8, 4) is 0 Å². The maximum Gasteiger partial charge on any atom is 0.253 e. The number of benzene rings is 1. The Bertz CT molecular complexity index is 562. The fourth-order valence-electron chi connectivity index (χ4n) is 2.89. The molecule has 1 aromatic rings. The lowest BCUT2D eigenvalue weighted by Crippen LogP contribution is -2.45. The van der Waals surface area contributed by atoms with Crippen molar-refractivity contribution in [3.63, 3.8) is 0 Å². The third-order valence-electron chi connectivity index (χ3n) is 3.99. The maximum atomic E-state index is 12.5. The Morgan fingerprint density at radius 1 is 1.33 bits per heavy atom. The molecular weight excluding hydrogens is 290 g/mol. The van der Waals surface area contributed by atoms with Crippen molar-refractivity contribution in [3.05, 3.63) is 29.3 Å². The monoisotopic (exact) mass is 309 g/mol. The summed E-state index contributed by atoms with van der Waals surface area (Å²) in [5, 5.41) is 2.83. The molecule has 2 heterocycles. The lowest BCUT2D eigenvalue weighted by Gasteiger charge is -2.31. The van der Waals surface area contributed by atoms with Crippen LogP contribution in [-0.2, 0) is 11.2 Å². The van der Waals surface area contributed by atoms with Crippen LogP contribution in [0.15, 0.2) is 18.2 Å². The first-order valence-corrected chi connectivity index (χ1v) is 7.11. The molecule has 21 heavy (non-hydrogen) atoms. The summed E-state index contributed by atoms with van der Waals surface area (Å²) < 4.78 is 0. The van der Waals surface area contributed by atoms with Gasteiger partial charge in [0.25, 0.3) is 5.91 Å². The highest BCUT2D eigenvalue weighted by molar-refractivity contribution is 5.98. The highest BCUT2D eigenvalue weighted by atomic mass is 35.5. The van der Waals surface area contributed by atoms with Crippen LogP contribution in [0.4, 0.5) is 5.69 Å². The van der Waals surface area contributed by atoms with Gasteiger partial charge in [0.15, 0.2) is 0 Å². The Labute approximate surface area is 130 Å². The second-order valence-corrected chi connectivity index (χ2v) is 5.57. The van der Waals surface area contributed by atoms with Crippen molar-refractivity contribution in [2.24, 2.45) is 5.73 Å². The molecule has 0 spiro atoms. The van der Waals surface area contributed by atoms with Crippen molar-refractivity contribution in [1.29, 1.82) is 0 Å². The van der Waals surface area contributed by atoms with Gasteiger partial charge in [-0.15, -0.1) is 12.4 Å². The van der Waals surface area contributed by atoms with E-state index >= 15 is 0 Å². The fourth-order valence-corrected chi connectivity index (χ4v) is 2.89. The number of rotatable bonds is 1. The molecule has 0 aliphatic carbocycles. The van der Waals surface area contributed by atoms with Crippen molar-refractivity contribution < 1.29 is 9.59 Å². The first-order chi connectivity index (χ1) is 9.63. The van der Waals surface area contributed by atoms with E-state index in [-0.39, 0.29) is 30.3 Å². The number of hydrogen-bond acceptors (Lipinski definition) is 3. The number of nitrogens with two attached hydrogens (primary N) is 1. The molecule has 114 valence electrons. The quantitative estimate of drug-likeness (QED) is 0.826. The van der Waals surface area contributed by atoms with Crippen molar-refractivity contribution in [1.82, 2.24) is 4.90 Å². The van der Waals surface area contributed by atoms with Gasteiger partial charge < -0.3 is 16.0 Å². The number of piperidine rings is 1. The Hall–Kier alpha value is -1.59. The Kier molecular flexibility index (Phi) is 4.85. The molecule has 0 aromatic heterocycles. The molecule has 3 rings (SSSR count). The van der Waals surface area contributed by atoms with Crippen LogP contribution < -0.4 is 11.1 Å². The smallest absolute Gasteiger partial charge is 0.253 e. The molecule has 0 saturated carbocycles. The van der Waals surface area contributed by atoms with Gasteiger partial charge in [0.05, 0.1) is 0 Å². The molecule has 2 amide bonds. The highest BCUT2D eigenvalue weighted by Crippen LogP contribution is 2.24. The average Bonchev–Trinajstić information content (AvgIpc) is 2.46. The second-order valence-electron chi connectivity index (χ2n) is 5.57. The van der Waals surface area contributed by atoms with Gasteiger partial charge >= 0.3 is 0 Å². The number of fused-ring (bicyclic) bond motifs is 1. The SMILES string of the molecule is Cl.N[C@@H]1CCCN(C(=O)c2ccc3c(c2)CCC(=O)N3)C1. The summed E-state index contributed by atoms with van der Waals surface area (Å²) in [6.07, 6.45) is 3.13. The molecule has 0 radical (unpaired) electrons. The van der Waals surface area contributed by atoms with Crippen LogP contribution in [0.1, 0.15) is 35.2 Å². The third-order valence-corrected chi connectivity index (χ3v) is 3.99. The summed E-state index contributed by atoms with van der Waals surface area (Å²) >= 11 is 0. The number of anilines is 1. The molecular formula is C15H20ClN3O2. The van der Waals surface area contributed by atoms with Gasteiger partial charge in [-0.3, -0.25) is 9.59 Å². The van der Waals surface area contributed by atoms with Crippen LogP contribution in [0.25, 0.3) is 0 Å². The predicted octanol–water partition coefficient (Wildman–Crippen LogP) is 1.56. The third kappa shape index (κ3) is 3.36. The molecule has 6 heteroatoms. The van der Waals surface area contributed by atoms with Gasteiger partial charge in [-0.1, -0.05) is 0 Å². The van der Waals surface area contributed by atoms with E-state index in [0.29, 0.717) is 24.9 Å². The van der Waals surface area contributed by atoms with Crippen LogP contribution in [0.5, 0.6) is 0 Å². The molecule has 5 nitrogen and oxygen atoms in total. The minimum absolute atomic E-state index is 0. The van der Waals surface area contributed by atoms with E-state index in [1.54, 1.807) is 6.07 Å². The lowest BCUT2D eigenvalue weighted by atomic mass is 9.99. The van der Waals surface area contributed by atoms with Crippen LogP contribution in [-0.4, -0.2) is 35.8 Å². The Morgan fingerprint density at radius 2 is 2.14 bits per heavy atom. The number of aryl methyl sites for hydroxylation is 1. The standard InChI is InChI=1S/C15H19N3O2.ClH/c16-12-2-1-7-18(9-12)15(20)11-3-5-13-10(8-11)4-6-14(19)17-13;/h3,5,8,12H,1-2,4,6-7,9,16H2,(H,17,19);1H/t12-;/m1./s1. The van der Waals surface area contributed by atoms with E-state index in [1.807, 2.05) is 17.0 Å². The minimum atomic E-state index is 0. The second kappa shape index (κ2) is 6.45. The molecule has 1 saturated heterocycles. The van der Waals surface area contributed by atoms with Crippen molar-refractivity contribution in [2.75, 3.05) is 18.4 Å². The van der Waals surface area contributed by atoms with Gasteiger partial charge in [-0.25, -0.2) is 0 Å². The van der Waals surface area contributed by atoms with Crippen LogP contribution in [0.2, 0.25) is 0 Å². The lowest BCUT2D eigenvalue weighted by molar-refractivity contribution is -0.116. The van der Waals surface area contributed by atoms with E-state index < -0.39 is 0 Å². The molecule has 3 N–H and O–H groups in total. The summed E-state index contributed by atoms with van der Waals surface area (Å²) in [7, 11) is 0. The number of nitrogens with one attached hydrogen (secondary N) is 1. The van der Waals surface area contributed by atoms with Crippen LogP contribution in [0.3, 0.4) is 0 Å². The zero-order chi connectivity index (χ0) is 14.1. The maximum absolute atomic E-state index is 12.5. The van der Waals surface area contributed by atoms with Crippen LogP contribution >= 0.6 is 12.4 Å². The first-order valence-electron chi connectivity index (χ1n) is 7.11. The molecule has 1 aromatic carbocycles. The normalized spacial score (nSPS) is 21.1. The van der Waals surface area contributed by atoms with E-state index in [1.165, 1.54) is 0 Å². The van der Waals surface area contributed by atoms with Crippen molar-refractivity contribution >= 4 is 29.9 Å². The van der Waals surface area contributed by atoms with E-state index in [2.05, 4.69) is 5.32 Å². The summed E-state index contributed by atoms with van der Waals surface area (Å²) in [4.78, 5) is 25.6. The largest absolute Gasteiger partial charge is 0.337 e. The summed E-state index contributed by atoms with van der Waals surface area (Å²) in [6.45, 7) is 1.41. The van der Waals surface area contributed by atoms with E-state index in [4.69, 9.17) is 5.73 Å².